The number of thioether (sulfide) groups is 1. The summed E-state index contributed by atoms with van der Waals surface area (Å²) in [6.45, 7) is 0. The smallest absolute Gasteiger partial charge is 0.205 e. The molecule has 0 fully saturated rings. The molecule has 30 heavy (non-hydrogen) atoms. The van der Waals surface area contributed by atoms with E-state index in [4.69, 9.17) is 27.0 Å². The van der Waals surface area contributed by atoms with Gasteiger partial charge in [-0.05, 0) is 53.8 Å². The van der Waals surface area contributed by atoms with Crippen molar-refractivity contribution in [3.8, 4) is 5.75 Å². The molecule has 0 aliphatic carbocycles. The fraction of sp³-hybridized carbons (Fsp3) is 0.0870. The number of aliphatic imine (C=N–C) groups is 1. The van der Waals surface area contributed by atoms with Crippen molar-refractivity contribution in [2.75, 3.05) is 12.0 Å². The van der Waals surface area contributed by atoms with Crippen LogP contribution < -0.4 is 9.64 Å². The molecule has 0 bridgehead atoms. The number of methoxy groups -OCH3 is 1. The second-order valence-electron chi connectivity index (χ2n) is 6.73. The van der Waals surface area contributed by atoms with Crippen molar-refractivity contribution >= 4 is 45.0 Å². The molecule has 2 aliphatic rings. The second kappa shape index (κ2) is 7.93. The van der Waals surface area contributed by atoms with Crippen molar-refractivity contribution in [1.82, 2.24) is 5.01 Å². The van der Waals surface area contributed by atoms with E-state index in [1.807, 2.05) is 89.8 Å². The average molecular weight is 431 g/mol. The molecule has 2 heterocycles. The maximum Gasteiger partial charge on any atom is 0.205 e. The van der Waals surface area contributed by atoms with Crippen LogP contribution in [0.25, 0.3) is 0 Å². The van der Waals surface area contributed by atoms with Crippen LogP contribution >= 0.6 is 24.0 Å². The Morgan fingerprint density at radius 3 is 2.23 bits per heavy atom. The average Bonchev–Trinajstić information content (AvgIpc) is 3.25. The Hall–Kier alpha value is -3.16. The van der Waals surface area contributed by atoms with Gasteiger partial charge >= 0.3 is 0 Å². The van der Waals surface area contributed by atoms with Crippen LogP contribution in [0.5, 0.6) is 5.75 Å². The van der Waals surface area contributed by atoms with E-state index in [1.165, 1.54) is 0 Å². The molecule has 5 rings (SSSR count). The predicted octanol–water partition coefficient (Wildman–Crippen LogP) is 5.27. The maximum atomic E-state index is 5.90. The van der Waals surface area contributed by atoms with Gasteiger partial charge < -0.3 is 4.74 Å². The number of para-hydroxylation sites is 1. The van der Waals surface area contributed by atoms with Gasteiger partial charge in [-0.15, -0.1) is 0 Å². The van der Waals surface area contributed by atoms with Crippen molar-refractivity contribution in [3.05, 3.63) is 96.1 Å². The topological polar surface area (TPSA) is 40.4 Å². The van der Waals surface area contributed by atoms with Crippen LogP contribution in [0.15, 0.2) is 95.0 Å². The van der Waals surface area contributed by atoms with E-state index in [1.54, 1.807) is 23.9 Å². The number of nitrogens with zero attached hydrogens (tertiary/aromatic N) is 4. The summed E-state index contributed by atoms with van der Waals surface area (Å²) >= 11 is 7.44. The van der Waals surface area contributed by atoms with Gasteiger partial charge in [0, 0.05) is 11.3 Å². The molecule has 0 saturated carbocycles. The van der Waals surface area contributed by atoms with E-state index in [9.17, 15) is 0 Å². The minimum atomic E-state index is -0.283. The number of thiocarbonyl (C=S) groups is 1. The Kier molecular flexibility index (Phi) is 4.98. The number of benzene rings is 3. The minimum Gasteiger partial charge on any atom is -0.497 e. The lowest BCUT2D eigenvalue weighted by Gasteiger charge is -2.37. The zero-order valence-corrected chi connectivity index (χ0v) is 17.8. The molecule has 148 valence electrons. The van der Waals surface area contributed by atoms with Crippen molar-refractivity contribution in [1.29, 1.82) is 0 Å². The lowest BCUT2D eigenvalue weighted by atomic mass is 10.1. The van der Waals surface area contributed by atoms with Gasteiger partial charge in [-0.25, -0.2) is 4.99 Å². The minimum absolute atomic E-state index is 0.283. The second-order valence-corrected chi connectivity index (χ2v) is 8.05. The number of amidine groups is 1. The van der Waals surface area contributed by atoms with E-state index in [-0.39, 0.29) is 6.17 Å². The van der Waals surface area contributed by atoms with Gasteiger partial charge in [0.2, 0.25) is 5.11 Å². The standard InChI is InChI=1S/C23H18N4OS2/c1-28-19-14-12-16(13-15-19)20-24-22-27(23(29)26(20)18-10-6-3-7-11-18)25-21(30-22)17-8-4-2-5-9-17/h2-15,20H,1H3/t20-/m0/s1. The summed E-state index contributed by atoms with van der Waals surface area (Å²) in [6, 6.07) is 28.1. The lowest BCUT2D eigenvalue weighted by Crippen LogP contribution is -2.47. The molecule has 0 aromatic heterocycles. The zero-order chi connectivity index (χ0) is 20.5. The Labute approximate surface area is 184 Å². The highest BCUT2D eigenvalue weighted by Crippen LogP contribution is 2.39. The van der Waals surface area contributed by atoms with Crippen LogP contribution in [-0.2, 0) is 0 Å². The van der Waals surface area contributed by atoms with Crippen LogP contribution in [0.1, 0.15) is 17.3 Å². The molecule has 0 radical (unpaired) electrons. The molecule has 0 unspecified atom stereocenters. The first-order chi connectivity index (χ1) is 14.7. The highest BCUT2D eigenvalue weighted by atomic mass is 32.2. The third-order valence-corrected chi connectivity index (χ3v) is 6.23. The number of fused-ring (bicyclic) bond motifs is 1. The van der Waals surface area contributed by atoms with Gasteiger partial charge in [-0.2, -0.15) is 10.1 Å². The molecule has 3 aromatic rings. The number of hydrazone groups is 1. The molecule has 0 N–H and O–H groups in total. The number of ether oxygens (including phenoxy) is 1. The Bertz CT molecular complexity index is 1130. The summed E-state index contributed by atoms with van der Waals surface area (Å²) in [4.78, 5) is 7.08. The third kappa shape index (κ3) is 3.36. The number of anilines is 1. The van der Waals surface area contributed by atoms with Crippen LogP contribution in [0.3, 0.4) is 0 Å². The van der Waals surface area contributed by atoms with Crippen molar-refractivity contribution in [3.63, 3.8) is 0 Å². The number of rotatable bonds is 4. The van der Waals surface area contributed by atoms with E-state index >= 15 is 0 Å². The zero-order valence-electron chi connectivity index (χ0n) is 16.2. The molecule has 1 atom stereocenters. The van der Waals surface area contributed by atoms with Crippen LogP contribution in [0.4, 0.5) is 5.69 Å². The summed E-state index contributed by atoms with van der Waals surface area (Å²) in [6.07, 6.45) is -0.283. The fourth-order valence-electron chi connectivity index (χ4n) is 3.40. The predicted molar refractivity (Wildman–Crippen MR) is 127 cm³/mol. The van der Waals surface area contributed by atoms with Gasteiger partial charge in [-0.3, -0.25) is 4.90 Å². The van der Waals surface area contributed by atoms with E-state index in [0.717, 1.165) is 32.8 Å². The molecule has 0 saturated heterocycles. The Morgan fingerprint density at radius 2 is 1.57 bits per heavy atom. The van der Waals surface area contributed by atoms with Crippen LogP contribution in [0, 0.1) is 0 Å². The number of hydrogen-bond acceptors (Lipinski definition) is 5. The summed E-state index contributed by atoms with van der Waals surface area (Å²) in [5.41, 5.74) is 3.05. The lowest BCUT2D eigenvalue weighted by molar-refractivity contribution is 0.414. The first-order valence-electron chi connectivity index (χ1n) is 9.46. The summed E-state index contributed by atoms with van der Waals surface area (Å²) in [5.74, 6) is 0.808. The normalized spacial score (nSPS) is 18.0. The first-order valence-corrected chi connectivity index (χ1v) is 10.7. The van der Waals surface area contributed by atoms with Gasteiger partial charge in [-0.1, -0.05) is 60.7 Å². The molecule has 2 aliphatic heterocycles. The highest BCUT2D eigenvalue weighted by Gasteiger charge is 2.39. The summed E-state index contributed by atoms with van der Waals surface area (Å²) < 4.78 is 5.32. The fourth-order valence-corrected chi connectivity index (χ4v) is 4.70. The van der Waals surface area contributed by atoms with E-state index in [2.05, 4.69) is 0 Å². The molecule has 0 spiro atoms. The molecule has 0 amide bonds. The Balaban J connectivity index is 1.58. The van der Waals surface area contributed by atoms with Gasteiger partial charge in [0.25, 0.3) is 0 Å². The quantitative estimate of drug-likeness (QED) is 0.528. The first kappa shape index (κ1) is 18.8. The monoisotopic (exact) mass is 430 g/mol. The molecule has 3 aromatic carbocycles. The molecular weight excluding hydrogens is 412 g/mol. The van der Waals surface area contributed by atoms with Crippen molar-refractivity contribution in [2.45, 2.75) is 6.17 Å². The van der Waals surface area contributed by atoms with Crippen LogP contribution in [-0.4, -0.2) is 27.4 Å². The molecule has 5 nitrogen and oxygen atoms in total. The van der Waals surface area contributed by atoms with Crippen LogP contribution in [0.2, 0.25) is 0 Å². The maximum absolute atomic E-state index is 5.90. The van der Waals surface area contributed by atoms with Crippen molar-refractivity contribution in [2.24, 2.45) is 10.1 Å². The summed E-state index contributed by atoms with van der Waals surface area (Å²) in [7, 11) is 1.66. The molecular formula is C23H18N4OS2. The third-order valence-electron chi connectivity index (χ3n) is 4.89. The van der Waals surface area contributed by atoms with E-state index < -0.39 is 0 Å². The van der Waals surface area contributed by atoms with E-state index in [0.29, 0.717) is 5.11 Å². The Morgan fingerprint density at radius 1 is 0.900 bits per heavy atom. The largest absolute Gasteiger partial charge is 0.497 e. The van der Waals surface area contributed by atoms with Gasteiger partial charge in [0.05, 0.1) is 7.11 Å². The molecule has 7 heteroatoms. The van der Waals surface area contributed by atoms with Gasteiger partial charge in [0.1, 0.15) is 10.8 Å². The van der Waals surface area contributed by atoms with Crippen molar-refractivity contribution < 1.29 is 4.74 Å². The summed E-state index contributed by atoms with van der Waals surface area (Å²) in [5, 5.41) is 8.81. The highest BCUT2D eigenvalue weighted by molar-refractivity contribution is 8.27. The van der Waals surface area contributed by atoms with Gasteiger partial charge in [0.15, 0.2) is 11.3 Å². The SMILES string of the molecule is COc1ccc([C@H]2N=C3SC(c4ccccc4)=NN3C(=S)N2c2ccccc2)cc1. The number of hydrogen-bond donors (Lipinski definition) is 0.